The summed E-state index contributed by atoms with van der Waals surface area (Å²) >= 11 is 1.66. The molecule has 1 aromatic rings. The Kier molecular flexibility index (Phi) is 7.13. The summed E-state index contributed by atoms with van der Waals surface area (Å²) in [5.74, 6) is 2.14. The fourth-order valence-corrected chi connectivity index (χ4v) is 4.15. The van der Waals surface area contributed by atoms with Crippen LogP contribution in [0.15, 0.2) is 10.6 Å². The summed E-state index contributed by atoms with van der Waals surface area (Å²) in [6.07, 6.45) is 0.962. The standard InChI is InChI=1S/C22H36N2O4S/c1-20(2,3)18-12-16(23-28-18)11-17(25)22(7,8)29-14-15-9-10-24(13-15)19(26)27-21(4,5)6/h12,15H,9-11,13-14H2,1-8H3. The quantitative estimate of drug-likeness (QED) is 0.650. The number of thioether (sulfide) groups is 1. The van der Waals surface area contributed by atoms with Crippen LogP contribution in [0.2, 0.25) is 0 Å². The van der Waals surface area contributed by atoms with Crippen LogP contribution in [0, 0.1) is 5.92 Å². The third-order valence-corrected chi connectivity index (χ3v) is 6.52. The van der Waals surface area contributed by atoms with E-state index in [1.807, 2.05) is 40.7 Å². The average molecular weight is 425 g/mol. The van der Waals surface area contributed by atoms with Crippen LogP contribution < -0.4 is 0 Å². The first-order chi connectivity index (χ1) is 13.2. The molecular weight excluding hydrogens is 388 g/mol. The summed E-state index contributed by atoms with van der Waals surface area (Å²) in [6, 6.07) is 1.88. The van der Waals surface area contributed by atoms with E-state index in [9.17, 15) is 9.59 Å². The first-order valence-electron chi connectivity index (χ1n) is 10.3. The van der Waals surface area contributed by atoms with Gasteiger partial charge in [-0.2, -0.15) is 0 Å². The number of nitrogens with zero attached hydrogens (tertiary/aromatic N) is 2. The maximum absolute atomic E-state index is 12.8. The van der Waals surface area contributed by atoms with Crippen molar-refractivity contribution in [2.45, 2.75) is 84.0 Å². The molecule has 1 aromatic heterocycles. The van der Waals surface area contributed by atoms with Crippen LogP contribution >= 0.6 is 11.8 Å². The van der Waals surface area contributed by atoms with Gasteiger partial charge in [0.15, 0.2) is 5.78 Å². The van der Waals surface area contributed by atoms with Gasteiger partial charge in [-0.15, -0.1) is 11.8 Å². The van der Waals surface area contributed by atoms with E-state index < -0.39 is 10.3 Å². The van der Waals surface area contributed by atoms with Gasteiger partial charge in [0, 0.05) is 24.6 Å². The van der Waals surface area contributed by atoms with E-state index in [0.717, 1.165) is 17.9 Å². The van der Waals surface area contributed by atoms with Crippen LogP contribution in [0.4, 0.5) is 4.79 Å². The molecule has 1 atom stereocenters. The molecule has 0 aromatic carbocycles. The highest BCUT2D eigenvalue weighted by Gasteiger charge is 2.34. The summed E-state index contributed by atoms with van der Waals surface area (Å²) in [4.78, 5) is 26.8. The second kappa shape index (κ2) is 8.70. The van der Waals surface area contributed by atoms with Gasteiger partial charge >= 0.3 is 6.09 Å². The number of carbonyl (C=O) groups excluding carboxylic acids is 2. The Balaban J connectivity index is 1.84. The Morgan fingerprint density at radius 2 is 1.86 bits per heavy atom. The predicted octanol–water partition coefficient (Wildman–Crippen LogP) is 4.85. The van der Waals surface area contributed by atoms with E-state index in [1.165, 1.54) is 0 Å². The van der Waals surface area contributed by atoms with Gasteiger partial charge in [-0.05, 0) is 52.7 Å². The van der Waals surface area contributed by atoms with Crippen molar-refractivity contribution in [3.63, 3.8) is 0 Å². The van der Waals surface area contributed by atoms with Crippen molar-refractivity contribution in [1.29, 1.82) is 0 Å². The molecule has 0 saturated carbocycles. The zero-order valence-electron chi connectivity index (χ0n) is 19.1. The minimum atomic E-state index is -0.514. The van der Waals surface area contributed by atoms with Gasteiger partial charge < -0.3 is 14.2 Å². The number of likely N-dealkylation sites (tertiary alicyclic amines) is 1. The fourth-order valence-electron chi connectivity index (χ4n) is 2.99. The highest BCUT2D eigenvalue weighted by atomic mass is 32.2. The van der Waals surface area contributed by atoms with Gasteiger partial charge in [-0.25, -0.2) is 4.79 Å². The first kappa shape index (κ1) is 23.8. The molecule has 2 heterocycles. The Labute approximate surface area is 179 Å². The van der Waals surface area contributed by atoms with Crippen molar-refractivity contribution in [2.24, 2.45) is 5.92 Å². The van der Waals surface area contributed by atoms with E-state index >= 15 is 0 Å². The van der Waals surface area contributed by atoms with Crippen LogP contribution in [-0.2, 0) is 21.4 Å². The van der Waals surface area contributed by atoms with Crippen molar-refractivity contribution in [2.75, 3.05) is 18.8 Å². The topological polar surface area (TPSA) is 72.6 Å². The number of Topliss-reactive ketones (excluding diaryl/α,β-unsaturated/α-hetero) is 1. The molecule has 1 amide bonds. The second-order valence-corrected chi connectivity index (χ2v) is 12.1. The maximum Gasteiger partial charge on any atom is 0.410 e. The number of rotatable bonds is 6. The summed E-state index contributed by atoms with van der Waals surface area (Å²) in [7, 11) is 0. The number of hydrogen-bond donors (Lipinski definition) is 0. The van der Waals surface area contributed by atoms with Gasteiger partial charge in [0.1, 0.15) is 11.4 Å². The molecule has 7 heteroatoms. The molecular formula is C22H36N2O4S. The van der Waals surface area contributed by atoms with Crippen molar-refractivity contribution >= 4 is 23.6 Å². The molecule has 29 heavy (non-hydrogen) atoms. The lowest BCUT2D eigenvalue weighted by molar-refractivity contribution is -0.120. The van der Waals surface area contributed by atoms with Crippen LogP contribution in [0.5, 0.6) is 0 Å². The lowest BCUT2D eigenvalue weighted by Crippen LogP contribution is -2.35. The lowest BCUT2D eigenvalue weighted by Gasteiger charge is -2.25. The van der Waals surface area contributed by atoms with Crippen LogP contribution in [0.25, 0.3) is 0 Å². The largest absolute Gasteiger partial charge is 0.444 e. The third kappa shape index (κ3) is 7.05. The molecule has 0 N–H and O–H groups in total. The van der Waals surface area contributed by atoms with E-state index in [1.54, 1.807) is 16.7 Å². The number of ketones is 1. The predicted molar refractivity (Wildman–Crippen MR) is 116 cm³/mol. The molecule has 0 bridgehead atoms. The van der Waals surface area contributed by atoms with E-state index in [2.05, 4.69) is 25.9 Å². The molecule has 0 radical (unpaired) electrons. The molecule has 6 nitrogen and oxygen atoms in total. The number of amides is 1. The van der Waals surface area contributed by atoms with Crippen molar-refractivity contribution in [3.8, 4) is 0 Å². The molecule has 1 fully saturated rings. The molecule has 1 aliphatic heterocycles. The zero-order valence-corrected chi connectivity index (χ0v) is 19.9. The summed E-state index contributed by atoms with van der Waals surface area (Å²) < 4.78 is 10.3. The molecule has 1 saturated heterocycles. The maximum atomic E-state index is 12.8. The summed E-state index contributed by atoms with van der Waals surface area (Å²) in [5, 5.41) is 4.07. The van der Waals surface area contributed by atoms with Gasteiger partial charge in [-0.1, -0.05) is 25.9 Å². The summed E-state index contributed by atoms with van der Waals surface area (Å²) in [6.45, 7) is 17.1. The van der Waals surface area contributed by atoms with Gasteiger partial charge in [0.25, 0.3) is 0 Å². The normalized spacial score (nSPS) is 18.2. The number of ether oxygens (including phenoxy) is 1. The molecule has 0 spiro atoms. The van der Waals surface area contributed by atoms with Crippen molar-refractivity contribution < 1.29 is 18.8 Å². The molecule has 1 aliphatic rings. The highest BCUT2D eigenvalue weighted by molar-refractivity contribution is 8.01. The Hall–Kier alpha value is -1.50. The molecule has 1 unspecified atom stereocenters. The Bertz CT molecular complexity index is 728. The van der Waals surface area contributed by atoms with E-state index in [4.69, 9.17) is 9.26 Å². The van der Waals surface area contributed by atoms with Crippen LogP contribution in [0.1, 0.15) is 73.3 Å². The monoisotopic (exact) mass is 424 g/mol. The van der Waals surface area contributed by atoms with Gasteiger partial charge in [0.2, 0.25) is 0 Å². The third-order valence-electron chi connectivity index (χ3n) is 4.93. The number of carbonyl (C=O) groups is 2. The van der Waals surface area contributed by atoms with E-state index in [-0.39, 0.29) is 23.7 Å². The van der Waals surface area contributed by atoms with Crippen molar-refractivity contribution in [3.05, 3.63) is 17.5 Å². The summed E-state index contributed by atoms with van der Waals surface area (Å²) in [5.41, 5.74) is 0.0819. The minimum absolute atomic E-state index is 0.124. The number of hydrogen-bond acceptors (Lipinski definition) is 6. The fraction of sp³-hybridized carbons (Fsp3) is 0.773. The first-order valence-corrected chi connectivity index (χ1v) is 11.3. The van der Waals surface area contributed by atoms with E-state index in [0.29, 0.717) is 24.7 Å². The molecule has 164 valence electrons. The van der Waals surface area contributed by atoms with Crippen molar-refractivity contribution in [1.82, 2.24) is 10.1 Å². The SMILES string of the molecule is CC(C)(C)OC(=O)N1CCC(CSC(C)(C)C(=O)Cc2cc(C(C)(C)C)on2)C1. The zero-order chi connectivity index (χ0) is 22.0. The molecule has 2 rings (SSSR count). The number of aromatic nitrogens is 1. The van der Waals surface area contributed by atoms with Crippen LogP contribution in [-0.4, -0.2) is 51.1 Å². The Morgan fingerprint density at radius 3 is 2.41 bits per heavy atom. The Morgan fingerprint density at radius 1 is 1.21 bits per heavy atom. The van der Waals surface area contributed by atoms with Gasteiger partial charge in [-0.3, -0.25) is 4.79 Å². The minimum Gasteiger partial charge on any atom is -0.444 e. The van der Waals surface area contributed by atoms with Gasteiger partial charge in [0.05, 0.1) is 16.9 Å². The van der Waals surface area contributed by atoms with Crippen LogP contribution in [0.3, 0.4) is 0 Å². The average Bonchev–Trinajstić information content (AvgIpc) is 3.20. The second-order valence-electron chi connectivity index (χ2n) is 10.4. The smallest absolute Gasteiger partial charge is 0.410 e. The lowest BCUT2D eigenvalue weighted by atomic mass is 9.92. The highest BCUT2D eigenvalue weighted by Crippen LogP contribution is 2.32. The molecule has 0 aliphatic carbocycles.